The standard InChI is InChI=1S/C18H29N/c1-3-12-19-18(14-16-8-5-6-9-16)17-11-7-10-15(4-2)13-17/h7,10-11,13,16,18-19H,3-6,8-9,12,14H2,1-2H3. The van der Waals surface area contributed by atoms with Crippen LogP contribution in [0.4, 0.5) is 0 Å². The van der Waals surface area contributed by atoms with E-state index in [0.717, 1.165) is 18.9 Å². The normalized spacial score (nSPS) is 17.8. The molecule has 1 aliphatic rings. The van der Waals surface area contributed by atoms with Crippen LogP contribution < -0.4 is 5.32 Å². The van der Waals surface area contributed by atoms with Crippen LogP contribution in [0.3, 0.4) is 0 Å². The maximum absolute atomic E-state index is 3.76. The maximum Gasteiger partial charge on any atom is 0.0322 e. The average Bonchev–Trinajstić information content (AvgIpc) is 2.96. The van der Waals surface area contributed by atoms with Gasteiger partial charge in [0.2, 0.25) is 0 Å². The summed E-state index contributed by atoms with van der Waals surface area (Å²) in [5, 5.41) is 3.76. The number of hydrogen-bond acceptors (Lipinski definition) is 1. The number of nitrogens with one attached hydrogen (secondary N) is 1. The average molecular weight is 259 g/mol. The van der Waals surface area contributed by atoms with Gasteiger partial charge in [-0.05, 0) is 42.9 Å². The highest BCUT2D eigenvalue weighted by Crippen LogP contribution is 2.33. The van der Waals surface area contributed by atoms with Crippen LogP contribution in [-0.2, 0) is 6.42 Å². The number of aryl methyl sites for hydroxylation is 1. The topological polar surface area (TPSA) is 12.0 Å². The molecule has 1 N–H and O–H groups in total. The Morgan fingerprint density at radius 1 is 1.21 bits per heavy atom. The number of rotatable bonds is 7. The number of benzene rings is 1. The van der Waals surface area contributed by atoms with Crippen molar-refractivity contribution in [2.45, 2.75) is 64.8 Å². The molecule has 19 heavy (non-hydrogen) atoms. The van der Waals surface area contributed by atoms with E-state index in [1.54, 1.807) is 0 Å². The molecule has 0 heterocycles. The second-order valence-electron chi connectivity index (χ2n) is 5.99. The first-order valence-electron chi connectivity index (χ1n) is 8.15. The third kappa shape index (κ3) is 4.35. The van der Waals surface area contributed by atoms with Crippen LogP contribution in [0.1, 0.15) is 69.5 Å². The van der Waals surface area contributed by atoms with Gasteiger partial charge >= 0.3 is 0 Å². The van der Waals surface area contributed by atoms with Crippen LogP contribution in [0.25, 0.3) is 0 Å². The summed E-state index contributed by atoms with van der Waals surface area (Å²) in [4.78, 5) is 0. The lowest BCUT2D eigenvalue weighted by atomic mass is 9.92. The van der Waals surface area contributed by atoms with E-state index >= 15 is 0 Å². The Hall–Kier alpha value is -0.820. The smallest absolute Gasteiger partial charge is 0.0322 e. The van der Waals surface area contributed by atoms with E-state index in [1.165, 1.54) is 49.7 Å². The molecule has 1 aromatic carbocycles. The van der Waals surface area contributed by atoms with Gasteiger partial charge in [0, 0.05) is 6.04 Å². The largest absolute Gasteiger partial charge is 0.310 e. The molecule has 0 radical (unpaired) electrons. The summed E-state index contributed by atoms with van der Waals surface area (Å²) in [6, 6.07) is 9.75. The Morgan fingerprint density at radius 2 is 2.00 bits per heavy atom. The molecule has 1 aliphatic carbocycles. The minimum absolute atomic E-state index is 0.564. The van der Waals surface area contributed by atoms with Crippen molar-refractivity contribution in [3.05, 3.63) is 35.4 Å². The molecule has 1 aromatic rings. The Balaban J connectivity index is 2.05. The molecule has 0 saturated heterocycles. The summed E-state index contributed by atoms with van der Waals surface area (Å²) < 4.78 is 0. The molecule has 0 bridgehead atoms. The summed E-state index contributed by atoms with van der Waals surface area (Å²) in [5.41, 5.74) is 2.96. The third-order valence-electron chi connectivity index (χ3n) is 4.45. The van der Waals surface area contributed by atoms with Gasteiger partial charge in [0.15, 0.2) is 0 Å². The fourth-order valence-corrected chi connectivity index (χ4v) is 3.27. The van der Waals surface area contributed by atoms with Crippen molar-refractivity contribution in [3.63, 3.8) is 0 Å². The Morgan fingerprint density at radius 3 is 2.68 bits per heavy atom. The molecule has 1 saturated carbocycles. The molecule has 1 heteroatoms. The van der Waals surface area contributed by atoms with Crippen LogP contribution in [0, 0.1) is 5.92 Å². The first kappa shape index (κ1) is 14.6. The first-order valence-corrected chi connectivity index (χ1v) is 8.15. The van der Waals surface area contributed by atoms with Gasteiger partial charge in [0.05, 0.1) is 0 Å². The van der Waals surface area contributed by atoms with Gasteiger partial charge in [-0.1, -0.05) is 63.8 Å². The lowest BCUT2D eigenvalue weighted by Gasteiger charge is -2.23. The van der Waals surface area contributed by atoms with Gasteiger partial charge in [-0.25, -0.2) is 0 Å². The molecule has 1 atom stereocenters. The van der Waals surface area contributed by atoms with Crippen molar-refractivity contribution < 1.29 is 0 Å². The van der Waals surface area contributed by atoms with E-state index in [0.29, 0.717) is 6.04 Å². The van der Waals surface area contributed by atoms with Crippen LogP contribution in [-0.4, -0.2) is 6.54 Å². The Bertz CT molecular complexity index is 366. The minimum Gasteiger partial charge on any atom is -0.310 e. The molecular formula is C18H29N. The van der Waals surface area contributed by atoms with Gasteiger partial charge in [0.1, 0.15) is 0 Å². The van der Waals surface area contributed by atoms with E-state index in [4.69, 9.17) is 0 Å². The summed E-state index contributed by atoms with van der Waals surface area (Å²) in [6.07, 6.45) is 9.45. The van der Waals surface area contributed by atoms with Gasteiger partial charge in [-0.3, -0.25) is 0 Å². The molecule has 0 amide bonds. The molecule has 1 fully saturated rings. The lowest BCUT2D eigenvalue weighted by molar-refractivity contribution is 0.395. The second-order valence-corrected chi connectivity index (χ2v) is 5.99. The monoisotopic (exact) mass is 259 g/mol. The Kier molecular flexibility index (Phi) is 5.91. The highest BCUT2D eigenvalue weighted by molar-refractivity contribution is 5.26. The van der Waals surface area contributed by atoms with Gasteiger partial charge < -0.3 is 5.32 Å². The fraction of sp³-hybridized carbons (Fsp3) is 0.667. The summed E-state index contributed by atoms with van der Waals surface area (Å²) in [5.74, 6) is 0.944. The Labute approximate surface area is 118 Å². The zero-order valence-corrected chi connectivity index (χ0v) is 12.6. The SMILES string of the molecule is CCCNC(CC1CCCC1)c1cccc(CC)c1. The quantitative estimate of drug-likeness (QED) is 0.736. The molecule has 2 rings (SSSR count). The first-order chi connectivity index (χ1) is 9.33. The van der Waals surface area contributed by atoms with Crippen molar-refractivity contribution in [1.29, 1.82) is 0 Å². The van der Waals surface area contributed by atoms with Gasteiger partial charge in [-0.15, -0.1) is 0 Å². The van der Waals surface area contributed by atoms with Crippen molar-refractivity contribution >= 4 is 0 Å². The van der Waals surface area contributed by atoms with Crippen LogP contribution in [0.15, 0.2) is 24.3 Å². The third-order valence-corrected chi connectivity index (χ3v) is 4.45. The van der Waals surface area contributed by atoms with E-state index in [9.17, 15) is 0 Å². The van der Waals surface area contributed by atoms with Crippen molar-refractivity contribution in [1.82, 2.24) is 5.32 Å². The lowest BCUT2D eigenvalue weighted by Crippen LogP contribution is -2.24. The summed E-state index contributed by atoms with van der Waals surface area (Å²) in [7, 11) is 0. The molecule has 1 unspecified atom stereocenters. The molecule has 0 aromatic heterocycles. The number of hydrogen-bond donors (Lipinski definition) is 1. The zero-order valence-electron chi connectivity index (χ0n) is 12.6. The molecule has 0 aliphatic heterocycles. The van der Waals surface area contributed by atoms with Crippen LogP contribution >= 0.6 is 0 Å². The van der Waals surface area contributed by atoms with Gasteiger partial charge in [-0.2, -0.15) is 0 Å². The fourth-order valence-electron chi connectivity index (χ4n) is 3.27. The highest BCUT2D eigenvalue weighted by Gasteiger charge is 2.20. The van der Waals surface area contributed by atoms with Crippen molar-refractivity contribution in [2.75, 3.05) is 6.54 Å². The predicted molar refractivity (Wildman–Crippen MR) is 83.4 cm³/mol. The second kappa shape index (κ2) is 7.69. The molecular weight excluding hydrogens is 230 g/mol. The maximum atomic E-state index is 3.76. The molecule has 0 spiro atoms. The minimum atomic E-state index is 0.564. The molecule has 1 nitrogen and oxygen atoms in total. The van der Waals surface area contributed by atoms with E-state index in [1.807, 2.05) is 0 Å². The van der Waals surface area contributed by atoms with E-state index in [2.05, 4.69) is 43.4 Å². The van der Waals surface area contributed by atoms with E-state index < -0.39 is 0 Å². The molecule has 106 valence electrons. The van der Waals surface area contributed by atoms with Crippen molar-refractivity contribution in [3.8, 4) is 0 Å². The predicted octanol–water partition coefficient (Wildman–Crippen LogP) is 4.87. The van der Waals surface area contributed by atoms with Gasteiger partial charge in [0.25, 0.3) is 0 Å². The zero-order chi connectivity index (χ0) is 13.5. The van der Waals surface area contributed by atoms with Crippen molar-refractivity contribution in [2.24, 2.45) is 5.92 Å². The highest BCUT2D eigenvalue weighted by atomic mass is 14.9. The van der Waals surface area contributed by atoms with Crippen LogP contribution in [0.5, 0.6) is 0 Å². The van der Waals surface area contributed by atoms with Crippen LogP contribution in [0.2, 0.25) is 0 Å². The summed E-state index contributed by atoms with van der Waals surface area (Å²) in [6.45, 7) is 5.63. The van der Waals surface area contributed by atoms with E-state index in [-0.39, 0.29) is 0 Å². The summed E-state index contributed by atoms with van der Waals surface area (Å²) >= 11 is 0.